The van der Waals surface area contributed by atoms with Crippen LogP contribution in [-0.4, -0.2) is 10.9 Å². The van der Waals surface area contributed by atoms with E-state index >= 15 is 0 Å². The van der Waals surface area contributed by atoms with Gasteiger partial charge in [0.1, 0.15) is 5.83 Å². The quantitative estimate of drug-likeness (QED) is 0.782. The lowest BCUT2D eigenvalue weighted by molar-refractivity contribution is -0.118. The zero-order valence-electron chi connectivity index (χ0n) is 12.2. The molecular weight excluding hydrogens is 294 g/mol. The molecule has 0 spiro atoms. The number of carbonyl (C=O) groups excluding carboxylic acids is 1. The van der Waals surface area contributed by atoms with Crippen LogP contribution in [0.1, 0.15) is 25.6 Å². The van der Waals surface area contributed by atoms with Gasteiger partial charge < -0.3 is 5.32 Å². The maximum atomic E-state index is 13.7. The maximum absolute atomic E-state index is 13.7. The Morgan fingerprint density at radius 2 is 2.19 bits per heavy atom. The molecule has 0 saturated carbocycles. The summed E-state index contributed by atoms with van der Waals surface area (Å²) in [5.74, 6) is -2.05. The van der Waals surface area contributed by atoms with Crippen molar-refractivity contribution in [1.82, 2.24) is 4.98 Å². The second-order valence-electron chi connectivity index (χ2n) is 4.73. The number of carbonyl (C=O) groups is 1. The highest BCUT2D eigenvalue weighted by Crippen LogP contribution is 2.26. The molecule has 1 rings (SSSR count). The van der Waals surface area contributed by atoms with Gasteiger partial charge in [-0.2, -0.15) is 0 Å². The van der Waals surface area contributed by atoms with Crippen LogP contribution < -0.4 is 5.32 Å². The molecule has 0 unspecified atom stereocenters. The summed E-state index contributed by atoms with van der Waals surface area (Å²) in [7, 11) is 0. The normalized spacial score (nSPS) is 13.1. The number of amides is 1. The van der Waals surface area contributed by atoms with Crippen LogP contribution >= 0.6 is 11.3 Å². The van der Waals surface area contributed by atoms with Crippen LogP contribution in [0.2, 0.25) is 0 Å². The van der Waals surface area contributed by atoms with Crippen LogP contribution in [-0.2, 0) is 11.2 Å². The van der Waals surface area contributed by atoms with E-state index in [1.54, 1.807) is 20.0 Å². The van der Waals surface area contributed by atoms with Crippen LogP contribution in [0.4, 0.5) is 13.9 Å². The van der Waals surface area contributed by atoms with E-state index in [0.29, 0.717) is 5.13 Å². The molecule has 0 bridgehead atoms. The first kappa shape index (κ1) is 17.2. The monoisotopic (exact) mass is 312 g/mol. The predicted molar refractivity (Wildman–Crippen MR) is 82.5 cm³/mol. The standard InChI is InChI=1S/C15H18F2N2OS/c1-5-6-11(13(17)10(4)16)7-12-8-18-15(21-12)19-14(20)9(2)3/h5-6,8-9H,1,7H2,2-4H3,(H,18,19,20)/b11-6-,13-10-. The zero-order valence-corrected chi connectivity index (χ0v) is 13.1. The van der Waals surface area contributed by atoms with E-state index in [1.165, 1.54) is 23.5 Å². The van der Waals surface area contributed by atoms with Gasteiger partial charge in [0.05, 0.1) is 0 Å². The molecular formula is C15H18F2N2OS. The molecule has 0 aliphatic rings. The highest BCUT2D eigenvalue weighted by atomic mass is 32.1. The molecule has 6 heteroatoms. The van der Waals surface area contributed by atoms with Crippen molar-refractivity contribution < 1.29 is 13.6 Å². The second kappa shape index (κ2) is 7.83. The summed E-state index contributed by atoms with van der Waals surface area (Å²) >= 11 is 1.23. The summed E-state index contributed by atoms with van der Waals surface area (Å²) in [4.78, 5) is 16.3. The van der Waals surface area contributed by atoms with Gasteiger partial charge >= 0.3 is 0 Å². The fraction of sp³-hybridized carbons (Fsp3) is 0.333. The Bertz CT molecular complexity index is 584. The molecule has 114 valence electrons. The lowest BCUT2D eigenvalue weighted by Gasteiger charge is -2.04. The van der Waals surface area contributed by atoms with E-state index in [4.69, 9.17) is 0 Å². The largest absolute Gasteiger partial charge is 0.302 e. The topological polar surface area (TPSA) is 42.0 Å². The van der Waals surface area contributed by atoms with Gasteiger partial charge in [0.15, 0.2) is 11.0 Å². The third kappa shape index (κ3) is 5.23. The molecule has 1 aromatic rings. The van der Waals surface area contributed by atoms with E-state index in [2.05, 4.69) is 16.9 Å². The van der Waals surface area contributed by atoms with Crippen molar-refractivity contribution in [3.63, 3.8) is 0 Å². The number of rotatable bonds is 6. The highest BCUT2D eigenvalue weighted by molar-refractivity contribution is 7.15. The van der Waals surface area contributed by atoms with Crippen LogP contribution in [0, 0.1) is 5.92 Å². The predicted octanol–water partition coefficient (Wildman–Crippen LogP) is 4.56. The first-order valence-corrected chi connectivity index (χ1v) is 7.26. The second-order valence-corrected chi connectivity index (χ2v) is 5.84. The lowest BCUT2D eigenvalue weighted by Crippen LogP contribution is -2.17. The van der Waals surface area contributed by atoms with Gasteiger partial charge in [0.25, 0.3) is 0 Å². The molecule has 0 aliphatic carbocycles. The van der Waals surface area contributed by atoms with E-state index in [9.17, 15) is 13.6 Å². The summed E-state index contributed by atoms with van der Waals surface area (Å²) < 4.78 is 26.7. The minimum Gasteiger partial charge on any atom is -0.302 e. The maximum Gasteiger partial charge on any atom is 0.228 e. The van der Waals surface area contributed by atoms with Crippen molar-refractivity contribution in [2.24, 2.45) is 5.92 Å². The summed E-state index contributed by atoms with van der Waals surface area (Å²) in [6, 6.07) is 0. The fourth-order valence-corrected chi connectivity index (χ4v) is 2.30. The van der Waals surface area contributed by atoms with E-state index < -0.39 is 11.7 Å². The van der Waals surface area contributed by atoms with Crippen molar-refractivity contribution in [3.8, 4) is 0 Å². The number of allylic oxidation sites excluding steroid dienone is 5. The van der Waals surface area contributed by atoms with Crippen molar-refractivity contribution in [2.75, 3.05) is 5.32 Å². The summed E-state index contributed by atoms with van der Waals surface area (Å²) in [5, 5.41) is 3.12. The van der Waals surface area contributed by atoms with Gasteiger partial charge in [0, 0.05) is 23.4 Å². The molecule has 1 N–H and O–H groups in total. The van der Waals surface area contributed by atoms with E-state index in [1.807, 2.05) is 0 Å². The third-order valence-corrected chi connectivity index (χ3v) is 3.49. The number of hydrogen-bond donors (Lipinski definition) is 1. The molecule has 0 fully saturated rings. The Morgan fingerprint density at radius 1 is 1.52 bits per heavy atom. The molecule has 3 nitrogen and oxygen atoms in total. The van der Waals surface area contributed by atoms with Crippen LogP contribution in [0.3, 0.4) is 0 Å². The Kier molecular flexibility index (Phi) is 6.42. The Morgan fingerprint density at radius 3 is 2.71 bits per heavy atom. The van der Waals surface area contributed by atoms with Gasteiger partial charge in [-0.05, 0) is 12.5 Å². The number of thiazole rings is 1. The SMILES string of the molecule is C=C/C=C(Cc1cnc(NC(=O)C(C)C)s1)\C(F)=C(/C)F. The fourth-order valence-electron chi connectivity index (χ4n) is 1.46. The van der Waals surface area contributed by atoms with Crippen molar-refractivity contribution in [2.45, 2.75) is 27.2 Å². The third-order valence-electron chi connectivity index (χ3n) is 2.58. The molecule has 0 radical (unpaired) electrons. The molecule has 0 atom stereocenters. The molecule has 0 aliphatic heterocycles. The first-order valence-electron chi connectivity index (χ1n) is 6.44. The van der Waals surface area contributed by atoms with Crippen LogP contribution in [0.25, 0.3) is 0 Å². The average Bonchev–Trinajstić information content (AvgIpc) is 2.84. The minimum absolute atomic E-state index is 0.136. The Labute approximate surface area is 127 Å². The molecule has 21 heavy (non-hydrogen) atoms. The van der Waals surface area contributed by atoms with Crippen LogP contribution in [0.15, 0.2) is 42.2 Å². The first-order chi connectivity index (χ1) is 9.85. The molecule has 0 aromatic carbocycles. The number of aromatic nitrogens is 1. The van der Waals surface area contributed by atoms with Crippen molar-refractivity contribution >= 4 is 22.4 Å². The summed E-state index contributed by atoms with van der Waals surface area (Å²) in [6.07, 6.45) is 4.55. The van der Waals surface area contributed by atoms with Crippen LogP contribution in [0.5, 0.6) is 0 Å². The minimum atomic E-state index is -0.893. The smallest absolute Gasteiger partial charge is 0.228 e. The zero-order chi connectivity index (χ0) is 16.0. The van der Waals surface area contributed by atoms with Gasteiger partial charge in [0.2, 0.25) is 5.91 Å². The van der Waals surface area contributed by atoms with Gasteiger partial charge in [-0.1, -0.05) is 32.6 Å². The highest BCUT2D eigenvalue weighted by Gasteiger charge is 2.13. The molecule has 0 saturated heterocycles. The van der Waals surface area contributed by atoms with E-state index in [-0.39, 0.29) is 23.8 Å². The molecule has 1 amide bonds. The molecule has 1 aromatic heterocycles. The van der Waals surface area contributed by atoms with Crippen molar-refractivity contribution in [3.05, 3.63) is 47.0 Å². The number of hydrogen-bond acceptors (Lipinski definition) is 3. The Balaban J connectivity index is 2.86. The van der Waals surface area contributed by atoms with Gasteiger partial charge in [-0.15, -0.1) is 11.3 Å². The van der Waals surface area contributed by atoms with E-state index in [0.717, 1.165) is 11.8 Å². The average molecular weight is 312 g/mol. The van der Waals surface area contributed by atoms with Gasteiger partial charge in [-0.25, -0.2) is 13.8 Å². The summed E-state index contributed by atoms with van der Waals surface area (Å²) in [6.45, 7) is 8.11. The lowest BCUT2D eigenvalue weighted by atomic mass is 10.1. The number of anilines is 1. The summed E-state index contributed by atoms with van der Waals surface area (Å²) in [5.41, 5.74) is 0.190. The number of halogens is 2. The number of nitrogens with zero attached hydrogens (tertiary/aromatic N) is 1. The Hall–Kier alpha value is -1.82. The van der Waals surface area contributed by atoms with Gasteiger partial charge in [-0.3, -0.25) is 4.79 Å². The van der Waals surface area contributed by atoms with Crippen molar-refractivity contribution in [1.29, 1.82) is 0 Å². The molecule has 1 heterocycles. The number of nitrogens with one attached hydrogen (secondary N) is 1.